The van der Waals surface area contributed by atoms with Gasteiger partial charge in [0.05, 0.1) is 30.0 Å². The van der Waals surface area contributed by atoms with E-state index in [4.69, 9.17) is 25.8 Å². The fourth-order valence-corrected chi connectivity index (χ4v) is 4.83. The first-order valence-electron chi connectivity index (χ1n) is 10.6. The third-order valence-corrected chi connectivity index (χ3v) is 6.62. The average molecular weight is 476 g/mol. The molecule has 7 nitrogen and oxygen atoms in total. The summed E-state index contributed by atoms with van der Waals surface area (Å²) < 4.78 is 17.3. The fourth-order valence-electron chi connectivity index (χ4n) is 3.52. The summed E-state index contributed by atoms with van der Waals surface area (Å²) in [6, 6.07) is 12.8. The van der Waals surface area contributed by atoms with Gasteiger partial charge in [-0.1, -0.05) is 29.0 Å². The van der Waals surface area contributed by atoms with Crippen LogP contribution in [0.1, 0.15) is 6.42 Å². The van der Waals surface area contributed by atoms with E-state index in [0.29, 0.717) is 22.4 Å². The van der Waals surface area contributed by atoms with E-state index in [1.54, 1.807) is 36.3 Å². The van der Waals surface area contributed by atoms with Gasteiger partial charge in [0.2, 0.25) is 0 Å². The first-order valence-corrected chi connectivity index (χ1v) is 11.8. The number of amides is 1. The van der Waals surface area contributed by atoms with Gasteiger partial charge in [0, 0.05) is 26.2 Å². The zero-order valence-corrected chi connectivity index (χ0v) is 19.5. The lowest BCUT2D eigenvalue weighted by atomic mass is 10.3. The second-order valence-electron chi connectivity index (χ2n) is 7.40. The monoisotopic (exact) mass is 475 g/mol. The predicted molar refractivity (Wildman–Crippen MR) is 127 cm³/mol. The molecule has 9 heteroatoms. The van der Waals surface area contributed by atoms with Gasteiger partial charge in [-0.25, -0.2) is 4.98 Å². The first kappa shape index (κ1) is 22.8. The molecule has 1 fully saturated rings. The highest BCUT2D eigenvalue weighted by atomic mass is 35.5. The Morgan fingerprint density at radius 1 is 1.19 bits per heavy atom. The number of aromatic nitrogens is 1. The van der Waals surface area contributed by atoms with Crippen molar-refractivity contribution in [3.05, 3.63) is 47.5 Å². The minimum Gasteiger partial charge on any atom is -0.497 e. The van der Waals surface area contributed by atoms with Crippen molar-refractivity contribution < 1.29 is 19.0 Å². The Bertz CT molecular complexity index is 1040. The maximum absolute atomic E-state index is 13.2. The van der Waals surface area contributed by atoms with Gasteiger partial charge in [0.25, 0.3) is 5.91 Å². The van der Waals surface area contributed by atoms with Crippen molar-refractivity contribution in [1.29, 1.82) is 0 Å². The van der Waals surface area contributed by atoms with Crippen LogP contribution in [0.2, 0.25) is 5.02 Å². The van der Waals surface area contributed by atoms with E-state index in [2.05, 4.69) is 9.88 Å². The maximum Gasteiger partial charge on any atom is 0.266 e. The second-order valence-corrected chi connectivity index (χ2v) is 8.82. The Kier molecular flexibility index (Phi) is 7.81. The number of carbonyl (C=O) groups excluding carboxylic acids is 1. The Hall–Kier alpha value is -2.39. The normalized spacial score (nSPS) is 14.4. The minimum absolute atomic E-state index is 0.0759. The molecule has 0 bridgehead atoms. The number of hydrogen-bond acceptors (Lipinski definition) is 7. The molecule has 4 rings (SSSR count). The molecule has 32 heavy (non-hydrogen) atoms. The number of methoxy groups -OCH3 is 1. The zero-order valence-electron chi connectivity index (χ0n) is 18.0. The Balaban J connectivity index is 1.46. The third kappa shape index (κ3) is 5.69. The van der Waals surface area contributed by atoms with Gasteiger partial charge in [-0.15, -0.1) is 0 Å². The van der Waals surface area contributed by atoms with Gasteiger partial charge in [0.1, 0.15) is 17.0 Å². The summed E-state index contributed by atoms with van der Waals surface area (Å²) in [7, 11) is 1.61. The summed E-state index contributed by atoms with van der Waals surface area (Å²) >= 11 is 7.78. The van der Waals surface area contributed by atoms with Crippen LogP contribution in [0.15, 0.2) is 42.5 Å². The minimum atomic E-state index is -0.141. The number of nitrogens with zero attached hydrogens (tertiary/aromatic N) is 3. The molecule has 170 valence electrons. The molecule has 1 aliphatic heterocycles. The van der Waals surface area contributed by atoms with Gasteiger partial charge in [0.15, 0.2) is 11.7 Å². The van der Waals surface area contributed by atoms with Crippen LogP contribution in [0.4, 0.5) is 5.13 Å². The number of fused-ring (bicyclic) bond motifs is 1. The molecule has 0 saturated carbocycles. The summed E-state index contributed by atoms with van der Waals surface area (Å²) in [6.45, 7) is 4.74. The lowest BCUT2D eigenvalue weighted by molar-refractivity contribution is -0.120. The number of halogens is 1. The molecule has 2 aromatic carbocycles. The number of benzene rings is 2. The number of morpholine rings is 1. The molecule has 0 radical (unpaired) electrons. The van der Waals surface area contributed by atoms with Crippen molar-refractivity contribution in [3.8, 4) is 11.5 Å². The largest absolute Gasteiger partial charge is 0.497 e. The Morgan fingerprint density at radius 2 is 1.94 bits per heavy atom. The van der Waals surface area contributed by atoms with E-state index in [-0.39, 0.29) is 12.5 Å². The van der Waals surface area contributed by atoms with E-state index >= 15 is 0 Å². The van der Waals surface area contributed by atoms with Crippen molar-refractivity contribution in [3.63, 3.8) is 0 Å². The highest BCUT2D eigenvalue weighted by Gasteiger charge is 2.21. The van der Waals surface area contributed by atoms with E-state index < -0.39 is 0 Å². The third-order valence-electron chi connectivity index (χ3n) is 5.27. The number of hydrogen-bond donors (Lipinski definition) is 0. The molecule has 0 unspecified atom stereocenters. The number of rotatable bonds is 9. The number of anilines is 1. The Labute approximate surface area is 196 Å². The predicted octanol–water partition coefficient (Wildman–Crippen LogP) is 4.09. The molecule has 0 spiro atoms. The molecule has 0 N–H and O–H groups in total. The number of carbonyl (C=O) groups is 1. The summed E-state index contributed by atoms with van der Waals surface area (Å²) in [5, 5.41) is 1.22. The van der Waals surface area contributed by atoms with Gasteiger partial charge in [-0.3, -0.25) is 14.6 Å². The quantitative estimate of drug-likeness (QED) is 0.464. The van der Waals surface area contributed by atoms with Crippen molar-refractivity contribution >= 4 is 44.2 Å². The highest BCUT2D eigenvalue weighted by Crippen LogP contribution is 2.33. The van der Waals surface area contributed by atoms with Crippen LogP contribution in [0.3, 0.4) is 0 Å². The van der Waals surface area contributed by atoms with Gasteiger partial charge >= 0.3 is 0 Å². The summed E-state index contributed by atoms with van der Waals surface area (Å²) in [6.07, 6.45) is 0.831. The van der Waals surface area contributed by atoms with Crippen LogP contribution in [-0.2, 0) is 9.53 Å². The molecule has 1 aromatic heterocycles. The van der Waals surface area contributed by atoms with Crippen molar-refractivity contribution in [2.24, 2.45) is 0 Å². The van der Waals surface area contributed by atoms with E-state index in [1.807, 2.05) is 18.2 Å². The van der Waals surface area contributed by atoms with Crippen LogP contribution in [-0.4, -0.2) is 68.9 Å². The highest BCUT2D eigenvalue weighted by molar-refractivity contribution is 7.22. The topological polar surface area (TPSA) is 64.1 Å². The number of para-hydroxylation sites is 1. The summed E-state index contributed by atoms with van der Waals surface area (Å²) in [4.78, 5) is 21.9. The smallest absolute Gasteiger partial charge is 0.266 e. The molecule has 1 saturated heterocycles. The van der Waals surface area contributed by atoms with Crippen LogP contribution in [0.5, 0.6) is 11.5 Å². The standard InChI is InChI=1S/C23H26ClN3O4S/c1-29-17-6-8-18(9-7-17)31-16-21(28)27(11-3-10-26-12-14-30-15-13-26)23-25-22-19(24)4-2-5-20(22)32-23/h2,4-9H,3,10-16H2,1H3. The van der Waals surface area contributed by atoms with E-state index in [0.717, 1.165) is 55.2 Å². The van der Waals surface area contributed by atoms with E-state index in [1.165, 1.54) is 11.3 Å². The lowest BCUT2D eigenvalue weighted by Crippen LogP contribution is -2.40. The van der Waals surface area contributed by atoms with Crippen LogP contribution in [0.25, 0.3) is 10.2 Å². The zero-order chi connectivity index (χ0) is 22.3. The van der Waals surface area contributed by atoms with Crippen LogP contribution < -0.4 is 14.4 Å². The van der Waals surface area contributed by atoms with E-state index in [9.17, 15) is 4.79 Å². The van der Waals surface area contributed by atoms with Crippen molar-refractivity contribution in [2.45, 2.75) is 6.42 Å². The second kappa shape index (κ2) is 11.0. The number of thiazole rings is 1. The molecule has 0 aliphatic carbocycles. The average Bonchev–Trinajstić information content (AvgIpc) is 3.26. The molecule has 3 aromatic rings. The summed E-state index contributed by atoms with van der Waals surface area (Å²) in [5.41, 5.74) is 0.719. The molecule has 1 amide bonds. The van der Waals surface area contributed by atoms with Crippen LogP contribution >= 0.6 is 22.9 Å². The molecular weight excluding hydrogens is 450 g/mol. The first-order chi connectivity index (χ1) is 15.6. The Morgan fingerprint density at radius 3 is 2.66 bits per heavy atom. The van der Waals surface area contributed by atoms with Gasteiger partial charge in [-0.2, -0.15) is 0 Å². The lowest BCUT2D eigenvalue weighted by Gasteiger charge is -2.27. The van der Waals surface area contributed by atoms with Crippen molar-refractivity contribution in [1.82, 2.24) is 9.88 Å². The summed E-state index contributed by atoms with van der Waals surface area (Å²) in [5.74, 6) is 1.21. The molecule has 2 heterocycles. The maximum atomic E-state index is 13.2. The van der Waals surface area contributed by atoms with Gasteiger partial charge < -0.3 is 14.2 Å². The van der Waals surface area contributed by atoms with Crippen molar-refractivity contribution in [2.75, 3.05) is 58.0 Å². The fraction of sp³-hybridized carbons (Fsp3) is 0.391. The van der Waals surface area contributed by atoms with Crippen LogP contribution in [0, 0.1) is 0 Å². The SMILES string of the molecule is COc1ccc(OCC(=O)N(CCCN2CCOCC2)c2nc3c(Cl)cccc3s2)cc1. The molecule has 0 atom stereocenters. The molecular formula is C23H26ClN3O4S. The molecule has 1 aliphatic rings. The van der Waals surface area contributed by atoms with Gasteiger partial charge in [-0.05, 0) is 42.8 Å². The number of ether oxygens (including phenoxy) is 3.